The zero-order valence-electron chi connectivity index (χ0n) is 25.7. The lowest BCUT2D eigenvalue weighted by molar-refractivity contribution is 0.172. The van der Waals surface area contributed by atoms with E-state index in [2.05, 4.69) is 61.0 Å². The van der Waals surface area contributed by atoms with E-state index in [1.54, 1.807) is 14.2 Å². The number of hydrogen-bond donors (Lipinski definition) is 4. The second-order valence-corrected chi connectivity index (χ2v) is 13.6. The minimum atomic E-state index is -2.16. The summed E-state index contributed by atoms with van der Waals surface area (Å²) in [4.78, 5) is 33.3. The van der Waals surface area contributed by atoms with Crippen molar-refractivity contribution in [1.29, 1.82) is 0 Å². The van der Waals surface area contributed by atoms with Crippen LogP contribution in [0.3, 0.4) is 0 Å². The summed E-state index contributed by atoms with van der Waals surface area (Å²) in [7, 11) is -0.920. The number of benzene rings is 2. The van der Waals surface area contributed by atoms with Crippen LogP contribution in [0.2, 0.25) is 0 Å². The first-order chi connectivity index (χ1) is 17.7. The van der Waals surface area contributed by atoms with E-state index in [0.717, 1.165) is 11.5 Å². The van der Waals surface area contributed by atoms with Crippen molar-refractivity contribution < 1.29 is 38.1 Å². The number of ether oxygens (including phenoxy) is 2. The Kier molecular flexibility index (Phi) is 16.2. The Morgan fingerprint density at radius 3 is 1.36 bits per heavy atom. The molecule has 0 aliphatic rings. The van der Waals surface area contributed by atoms with E-state index in [0.29, 0.717) is 13.2 Å². The summed E-state index contributed by atoms with van der Waals surface area (Å²) in [5.74, 6) is 1.83. The Balaban J connectivity index is 0.000000667. The average Bonchev–Trinajstić information content (AvgIpc) is 2.83. The van der Waals surface area contributed by atoms with Crippen LogP contribution in [0.5, 0.6) is 11.5 Å². The predicted octanol–water partition coefficient (Wildman–Crippen LogP) is 7.17. The first-order valence-corrected chi connectivity index (χ1v) is 15.0. The number of hydrogen-bond acceptors (Lipinski definition) is 8. The molecule has 2 aromatic rings. The second-order valence-electron chi connectivity index (χ2n) is 12.1. The highest BCUT2D eigenvalue weighted by molar-refractivity contribution is 7.39. The molecule has 0 saturated heterocycles. The second kappa shape index (κ2) is 16.8. The Hall–Kier alpha value is -1.34. The molecule has 0 aliphatic heterocycles. The Morgan fingerprint density at radius 1 is 0.615 bits per heavy atom. The van der Waals surface area contributed by atoms with Crippen molar-refractivity contribution in [2.75, 3.05) is 27.4 Å². The summed E-state index contributed by atoms with van der Waals surface area (Å²) in [6, 6.07) is 12.5. The van der Waals surface area contributed by atoms with Crippen LogP contribution in [0.15, 0.2) is 36.4 Å². The first kappa shape index (κ1) is 37.7. The van der Waals surface area contributed by atoms with E-state index in [4.69, 9.17) is 29.0 Å². The average molecular weight is 589 g/mol. The van der Waals surface area contributed by atoms with Crippen LogP contribution in [-0.2, 0) is 14.5 Å². The SMILES string of the molecule is CC(C)(C)COP(O)O.CC(C)(C)COP(O)O.COc1ccc(C(C)(C)c2ccc(OC)c(C)c2C)cc1. The van der Waals surface area contributed by atoms with Gasteiger partial charge in [-0.15, -0.1) is 0 Å². The van der Waals surface area contributed by atoms with Crippen LogP contribution in [-0.4, -0.2) is 47.0 Å². The van der Waals surface area contributed by atoms with Crippen molar-refractivity contribution in [2.45, 2.75) is 74.7 Å². The van der Waals surface area contributed by atoms with Crippen LogP contribution in [0.1, 0.15) is 77.6 Å². The highest BCUT2D eigenvalue weighted by atomic mass is 31.2. The molecule has 2 rings (SSSR count). The molecular weight excluding hydrogens is 538 g/mol. The lowest BCUT2D eigenvalue weighted by atomic mass is 9.75. The van der Waals surface area contributed by atoms with Crippen molar-refractivity contribution >= 4 is 17.2 Å². The van der Waals surface area contributed by atoms with E-state index < -0.39 is 17.2 Å². The molecule has 0 aromatic heterocycles. The molecule has 0 fully saturated rings. The molecular formula is C29H50O8P2. The Bertz CT molecular complexity index is 941. The topological polar surface area (TPSA) is 118 Å². The zero-order valence-corrected chi connectivity index (χ0v) is 27.5. The maximum Gasteiger partial charge on any atom is 0.327 e. The minimum absolute atomic E-state index is 0.00600. The van der Waals surface area contributed by atoms with Gasteiger partial charge in [0.2, 0.25) is 0 Å². The van der Waals surface area contributed by atoms with Gasteiger partial charge in [0.05, 0.1) is 27.4 Å². The van der Waals surface area contributed by atoms with Crippen molar-refractivity contribution in [3.05, 3.63) is 58.7 Å². The standard InChI is InChI=1S/C19H24O2.2C5H13O3P/c1-13-14(2)18(21-6)12-11-17(13)19(3,4)15-7-9-16(20-5)10-8-15;2*1-5(2,3)4-8-9(6)7/h7-12H,1-6H3;2*6-7H,4H2,1-3H3. The van der Waals surface area contributed by atoms with Crippen molar-refractivity contribution in [3.8, 4) is 11.5 Å². The van der Waals surface area contributed by atoms with E-state index in [1.165, 1.54) is 22.3 Å². The van der Waals surface area contributed by atoms with Crippen molar-refractivity contribution in [3.63, 3.8) is 0 Å². The fourth-order valence-corrected chi connectivity index (χ4v) is 4.37. The van der Waals surface area contributed by atoms with Crippen LogP contribution < -0.4 is 9.47 Å². The van der Waals surface area contributed by atoms with E-state index in [9.17, 15) is 0 Å². The highest BCUT2D eigenvalue weighted by Gasteiger charge is 2.26. The molecule has 224 valence electrons. The molecule has 2 aromatic carbocycles. The van der Waals surface area contributed by atoms with Gasteiger partial charge in [0.15, 0.2) is 0 Å². The predicted molar refractivity (Wildman–Crippen MR) is 161 cm³/mol. The van der Waals surface area contributed by atoms with Crippen LogP contribution in [0.4, 0.5) is 0 Å². The fourth-order valence-electron chi connectivity index (χ4n) is 3.36. The van der Waals surface area contributed by atoms with Crippen LogP contribution >= 0.6 is 17.2 Å². The highest BCUT2D eigenvalue weighted by Crippen LogP contribution is 2.37. The third kappa shape index (κ3) is 15.3. The van der Waals surface area contributed by atoms with Gasteiger partial charge in [-0.2, -0.15) is 0 Å². The minimum Gasteiger partial charge on any atom is -0.497 e. The van der Waals surface area contributed by atoms with Gasteiger partial charge >= 0.3 is 17.2 Å². The lowest BCUT2D eigenvalue weighted by Gasteiger charge is -2.29. The summed E-state index contributed by atoms with van der Waals surface area (Å²) < 4.78 is 19.8. The monoisotopic (exact) mass is 588 g/mol. The number of rotatable bonds is 8. The summed E-state index contributed by atoms with van der Waals surface area (Å²) in [6.45, 7) is 21.3. The molecule has 0 spiro atoms. The Morgan fingerprint density at radius 2 is 1.05 bits per heavy atom. The summed E-state index contributed by atoms with van der Waals surface area (Å²) in [6.07, 6.45) is 0. The maximum absolute atomic E-state index is 8.31. The van der Waals surface area contributed by atoms with E-state index >= 15 is 0 Å². The van der Waals surface area contributed by atoms with E-state index in [-0.39, 0.29) is 16.2 Å². The molecule has 0 amide bonds. The maximum atomic E-state index is 8.31. The van der Waals surface area contributed by atoms with E-state index in [1.807, 2.05) is 53.7 Å². The Labute approximate surface area is 238 Å². The molecule has 10 heteroatoms. The summed E-state index contributed by atoms with van der Waals surface area (Å²) in [5, 5.41) is 0. The third-order valence-electron chi connectivity index (χ3n) is 5.67. The van der Waals surface area contributed by atoms with Crippen LogP contribution in [0.25, 0.3) is 0 Å². The molecule has 0 radical (unpaired) electrons. The molecule has 0 aliphatic carbocycles. The normalized spacial score (nSPS) is 11.9. The van der Waals surface area contributed by atoms with Crippen molar-refractivity contribution in [2.24, 2.45) is 10.8 Å². The molecule has 0 unspecified atom stereocenters. The molecule has 0 atom stereocenters. The van der Waals surface area contributed by atoms with Gasteiger partial charge in [0, 0.05) is 5.41 Å². The number of methoxy groups -OCH3 is 2. The largest absolute Gasteiger partial charge is 0.497 e. The third-order valence-corrected chi connectivity index (χ3v) is 6.39. The molecule has 39 heavy (non-hydrogen) atoms. The van der Waals surface area contributed by atoms with Crippen LogP contribution in [0, 0.1) is 24.7 Å². The lowest BCUT2D eigenvalue weighted by Crippen LogP contribution is -2.20. The molecule has 0 saturated carbocycles. The van der Waals surface area contributed by atoms with Gasteiger partial charge in [-0.1, -0.05) is 73.6 Å². The summed E-state index contributed by atoms with van der Waals surface area (Å²) in [5.41, 5.74) is 5.04. The molecule has 0 bridgehead atoms. The fraction of sp³-hybridized carbons (Fsp3) is 0.586. The van der Waals surface area contributed by atoms with Gasteiger partial charge in [-0.3, -0.25) is 0 Å². The molecule has 4 N–H and O–H groups in total. The smallest absolute Gasteiger partial charge is 0.327 e. The van der Waals surface area contributed by atoms with Gasteiger partial charge in [0.25, 0.3) is 0 Å². The first-order valence-electron chi connectivity index (χ1n) is 12.7. The van der Waals surface area contributed by atoms with Gasteiger partial charge in [-0.05, 0) is 65.1 Å². The van der Waals surface area contributed by atoms with Gasteiger partial charge in [0.1, 0.15) is 11.5 Å². The van der Waals surface area contributed by atoms with Gasteiger partial charge in [-0.25, -0.2) is 0 Å². The summed E-state index contributed by atoms with van der Waals surface area (Å²) >= 11 is 0. The van der Waals surface area contributed by atoms with Crippen molar-refractivity contribution in [1.82, 2.24) is 0 Å². The zero-order chi connectivity index (χ0) is 30.6. The molecule has 8 nitrogen and oxygen atoms in total. The quantitative estimate of drug-likeness (QED) is 0.240. The molecule has 0 heterocycles. The van der Waals surface area contributed by atoms with Gasteiger partial charge < -0.3 is 38.1 Å².